The van der Waals surface area contributed by atoms with Gasteiger partial charge in [0.1, 0.15) is 5.60 Å². The lowest BCUT2D eigenvalue weighted by molar-refractivity contribution is -0.154. The number of rotatable bonds is 8. The van der Waals surface area contributed by atoms with Gasteiger partial charge in [0.05, 0.1) is 21.7 Å². The number of hydrogen-bond acceptors (Lipinski definition) is 5. The van der Waals surface area contributed by atoms with E-state index >= 15 is 0 Å². The molecule has 0 aromatic heterocycles. The van der Waals surface area contributed by atoms with Crippen LogP contribution in [0.4, 0.5) is 0 Å². The van der Waals surface area contributed by atoms with E-state index in [9.17, 15) is 17.4 Å². The van der Waals surface area contributed by atoms with Crippen LogP contribution in [0.3, 0.4) is 0 Å². The van der Waals surface area contributed by atoms with Crippen LogP contribution in [0.15, 0.2) is 88.7 Å². The van der Waals surface area contributed by atoms with Crippen molar-refractivity contribution in [2.24, 2.45) is 0 Å². The van der Waals surface area contributed by atoms with Crippen LogP contribution < -0.4 is 4.72 Å². The largest absolute Gasteiger partial charge is 0.459 e. The summed E-state index contributed by atoms with van der Waals surface area (Å²) in [6.07, 6.45) is 0. The van der Waals surface area contributed by atoms with Crippen LogP contribution in [0.1, 0.15) is 43.5 Å². The number of carbonyl (C=O) groups is 1. The molecule has 0 aliphatic rings. The molecule has 1 unspecified atom stereocenters. The number of aryl methyl sites for hydroxylation is 2. The van der Waals surface area contributed by atoms with Crippen molar-refractivity contribution in [2.75, 3.05) is 0 Å². The Morgan fingerprint density at radius 3 is 1.89 bits per heavy atom. The Morgan fingerprint density at radius 1 is 0.857 bits per heavy atom. The van der Waals surface area contributed by atoms with Crippen molar-refractivity contribution >= 4 is 26.8 Å². The molecule has 186 valence electrons. The molecule has 0 aliphatic carbocycles. The van der Waals surface area contributed by atoms with E-state index in [2.05, 4.69) is 4.72 Å². The lowest BCUT2D eigenvalue weighted by Crippen LogP contribution is -2.45. The molecule has 0 amide bonds. The van der Waals surface area contributed by atoms with E-state index in [1.165, 1.54) is 12.1 Å². The van der Waals surface area contributed by atoms with Crippen molar-refractivity contribution in [2.45, 2.75) is 61.3 Å². The van der Waals surface area contributed by atoms with Crippen molar-refractivity contribution < 1.29 is 22.2 Å². The Bertz CT molecular complexity index is 1280. The highest BCUT2D eigenvalue weighted by molar-refractivity contribution is 7.89. The summed E-state index contributed by atoms with van der Waals surface area (Å²) in [7, 11) is -5.98. The second-order valence-corrected chi connectivity index (χ2v) is 12.7. The van der Waals surface area contributed by atoms with Gasteiger partial charge in [0, 0.05) is 4.90 Å². The molecule has 0 radical (unpaired) electrons. The zero-order valence-electron chi connectivity index (χ0n) is 20.5. The van der Waals surface area contributed by atoms with Gasteiger partial charge in [0.25, 0.3) is 0 Å². The monoisotopic (exact) mass is 513 g/mol. The predicted molar refractivity (Wildman–Crippen MR) is 138 cm³/mol. The Labute approximate surface area is 210 Å². The molecule has 0 saturated heterocycles. The summed E-state index contributed by atoms with van der Waals surface area (Å²) in [5.74, 6) is -0.753. The Morgan fingerprint density at radius 2 is 1.37 bits per heavy atom. The highest BCUT2D eigenvalue weighted by Crippen LogP contribution is 2.29. The molecular weight excluding hydrogens is 482 g/mol. The standard InChI is InChI=1S/C27H31NO5S2/c1-19-11-15-22(16-12-19)34(30)25(26(29)33-27(3,4)5)24(21-9-7-6-8-10-21)28-35(31,32)23-17-13-20(2)14-18-23/h6-18,24-25,28H,1-5H3/t24-,25+,34?/m1/s1. The quantitative estimate of drug-likeness (QED) is 0.435. The van der Waals surface area contributed by atoms with Crippen LogP contribution in [0.5, 0.6) is 0 Å². The lowest BCUT2D eigenvalue weighted by atomic mass is 10.0. The fourth-order valence-electron chi connectivity index (χ4n) is 3.44. The molecule has 0 aliphatic heterocycles. The van der Waals surface area contributed by atoms with E-state index in [1.807, 2.05) is 13.8 Å². The molecule has 8 heteroatoms. The van der Waals surface area contributed by atoms with E-state index < -0.39 is 43.7 Å². The lowest BCUT2D eigenvalue weighted by Gasteiger charge is -2.29. The van der Waals surface area contributed by atoms with Crippen molar-refractivity contribution in [3.63, 3.8) is 0 Å². The topological polar surface area (TPSA) is 89.5 Å². The molecule has 3 atom stereocenters. The summed E-state index contributed by atoms with van der Waals surface area (Å²) >= 11 is 0. The van der Waals surface area contributed by atoms with Crippen LogP contribution in [0.25, 0.3) is 0 Å². The van der Waals surface area contributed by atoms with Crippen LogP contribution in [-0.4, -0.2) is 29.4 Å². The van der Waals surface area contributed by atoms with Crippen molar-refractivity contribution in [3.05, 3.63) is 95.6 Å². The zero-order chi connectivity index (χ0) is 25.8. The summed E-state index contributed by atoms with van der Waals surface area (Å²) in [4.78, 5) is 13.9. The third-order valence-corrected chi connectivity index (χ3v) is 8.32. The molecule has 0 fully saturated rings. The first-order chi connectivity index (χ1) is 16.4. The minimum atomic E-state index is -4.06. The molecule has 3 aromatic carbocycles. The first-order valence-corrected chi connectivity index (χ1v) is 13.9. The van der Waals surface area contributed by atoms with Crippen LogP contribution in [0, 0.1) is 13.8 Å². The fourth-order valence-corrected chi connectivity index (χ4v) is 6.16. The second-order valence-electron chi connectivity index (χ2n) is 9.39. The van der Waals surface area contributed by atoms with Crippen molar-refractivity contribution in [1.29, 1.82) is 0 Å². The van der Waals surface area contributed by atoms with E-state index in [4.69, 9.17) is 4.74 Å². The number of esters is 1. The maximum Gasteiger partial charge on any atom is 0.324 e. The zero-order valence-corrected chi connectivity index (χ0v) is 22.2. The molecule has 0 heterocycles. The first kappa shape index (κ1) is 26.8. The molecule has 3 aromatic rings. The van der Waals surface area contributed by atoms with Gasteiger partial charge in [-0.1, -0.05) is 65.7 Å². The average Bonchev–Trinajstić information content (AvgIpc) is 2.78. The summed E-state index contributed by atoms with van der Waals surface area (Å²) in [6.45, 7) is 8.90. The summed E-state index contributed by atoms with van der Waals surface area (Å²) in [5.41, 5.74) is 1.53. The minimum absolute atomic E-state index is 0.0492. The third kappa shape index (κ3) is 7.10. The Kier molecular flexibility index (Phi) is 8.30. The average molecular weight is 514 g/mol. The smallest absolute Gasteiger partial charge is 0.324 e. The number of carbonyl (C=O) groups excluding carboxylic acids is 1. The van der Waals surface area contributed by atoms with Crippen LogP contribution in [-0.2, 0) is 30.4 Å². The van der Waals surface area contributed by atoms with Gasteiger partial charge < -0.3 is 4.74 Å². The fraction of sp³-hybridized carbons (Fsp3) is 0.296. The third-order valence-electron chi connectivity index (χ3n) is 5.20. The van der Waals surface area contributed by atoms with Gasteiger partial charge in [-0.3, -0.25) is 9.00 Å². The number of sulfonamides is 1. The van der Waals surface area contributed by atoms with Crippen molar-refractivity contribution in [1.82, 2.24) is 4.72 Å². The molecule has 3 rings (SSSR count). The highest BCUT2D eigenvalue weighted by atomic mass is 32.2. The highest BCUT2D eigenvalue weighted by Gasteiger charge is 2.41. The Hall–Kier alpha value is -2.81. The number of hydrogen-bond donors (Lipinski definition) is 1. The molecular formula is C27H31NO5S2. The second kappa shape index (κ2) is 10.8. The van der Waals surface area contributed by atoms with Gasteiger partial charge in [-0.25, -0.2) is 13.1 Å². The van der Waals surface area contributed by atoms with E-state index in [0.717, 1.165) is 11.1 Å². The normalized spacial score (nSPS) is 14.7. The molecule has 0 spiro atoms. The SMILES string of the molecule is Cc1ccc(S(=O)[C@H](C(=O)OC(C)(C)C)[C@H](NS(=O)(=O)c2ccc(C)cc2)c2ccccc2)cc1. The molecule has 0 saturated carbocycles. The van der Waals surface area contributed by atoms with Crippen molar-refractivity contribution in [3.8, 4) is 0 Å². The van der Waals surface area contributed by atoms with Gasteiger partial charge in [-0.15, -0.1) is 0 Å². The van der Waals surface area contributed by atoms with E-state index in [1.54, 1.807) is 87.5 Å². The predicted octanol–water partition coefficient (Wildman–Crippen LogP) is 4.84. The van der Waals surface area contributed by atoms with Gasteiger partial charge in [0.2, 0.25) is 10.0 Å². The number of ether oxygens (including phenoxy) is 1. The van der Waals surface area contributed by atoms with E-state index in [0.29, 0.717) is 10.5 Å². The molecule has 6 nitrogen and oxygen atoms in total. The number of benzene rings is 3. The Balaban J connectivity index is 2.13. The molecule has 35 heavy (non-hydrogen) atoms. The van der Waals surface area contributed by atoms with Gasteiger partial charge in [-0.2, -0.15) is 0 Å². The van der Waals surface area contributed by atoms with E-state index in [-0.39, 0.29) is 4.90 Å². The van der Waals surface area contributed by atoms with Crippen LogP contribution >= 0.6 is 0 Å². The summed E-state index contributed by atoms with van der Waals surface area (Å²) in [5, 5.41) is -1.33. The van der Waals surface area contributed by atoms with Gasteiger partial charge in [0.15, 0.2) is 5.25 Å². The first-order valence-electron chi connectivity index (χ1n) is 11.2. The molecule has 0 bridgehead atoms. The van der Waals surface area contributed by atoms with Gasteiger partial charge >= 0.3 is 5.97 Å². The summed E-state index contributed by atoms with van der Waals surface area (Å²) < 4.78 is 48.9. The minimum Gasteiger partial charge on any atom is -0.459 e. The van der Waals surface area contributed by atoms with Gasteiger partial charge in [-0.05, 0) is 64.4 Å². The maximum atomic E-state index is 13.8. The van der Waals surface area contributed by atoms with Crippen LogP contribution in [0.2, 0.25) is 0 Å². The number of nitrogens with one attached hydrogen (secondary N) is 1. The summed E-state index contributed by atoms with van der Waals surface area (Å²) in [6, 6.07) is 20.9. The molecule has 1 N–H and O–H groups in total. The maximum absolute atomic E-state index is 13.8.